The van der Waals surface area contributed by atoms with Crippen LogP contribution in [0.25, 0.3) is 0 Å². The number of rotatable bonds is 8. The Morgan fingerprint density at radius 3 is 2.41 bits per heavy atom. The van der Waals surface area contributed by atoms with Gasteiger partial charge in [-0.2, -0.15) is 0 Å². The molecule has 0 aromatic carbocycles. The second-order valence-corrected chi connectivity index (χ2v) is 8.27. The summed E-state index contributed by atoms with van der Waals surface area (Å²) in [4.78, 5) is 21.4. The molecule has 156 valence electrons. The van der Waals surface area contributed by atoms with Crippen molar-refractivity contribution in [1.82, 2.24) is 20.4 Å². The lowest BCUT2D eigenvalue weighted by atomic mass is 9.93. The number of unbranched alkanes of at least 4 members (excludes halogenated alkanes) is 1. The quantitative estimate of drug-likeness (QED) is 0.386. The van der Waals surface area contributed by atoms with E-state index < -0.39 is 0 Å². The van der Waals surface area contributed by atoms with Gasteiger partial charge >= 0.3 is 0 Å². The topological polar surface area (TPSA) is 60.0 Å². The van der Waals surface area contributed by atoms with Crippen molar-refractivity contribution in [2.45, 2.75) is 58.8 Å². The van der Waals surface area contributed by atoms with Gasteiger partial charge in [0.05, 0.1) is 0 Å². The molecule has 0 aromatic heterocycles. The van der Waals surface area contributed by atoms with Gasteiger partial charge in [0.15, 0.2) is 5.96 Å². The number of nitrogens with zero attached hydrogens (tertiary/aromatic N) is 3. The first-order valence-electron chi connectivity index (χ1n) is 11.1. The van der Waals surface area contributed by atoms with Crippen LogP contribution >= 0.6 is 0 Å². The number of piperidine rings is 2. The van der Waals surface area contributed by atoms with Gasteiger partial charge in [-0.15, -0.1) is 0 Å². The van der Waals surface area contributed by atoms with Gasteiger partial charge in [0, 0.05) is 39.6 Å². The molecule has 1 amide bonds. The predicted octanol–water partition coefficient (Wildman–Crippen LogP) is 2.31. The van der Waals surface area contributed by atoms with E-state index in [4.69, 9.17) is 4.99 Å². The molecule has 2 aliphatic heterocycles. The Balaban J connectivity index is 1.67. The van der Waals surface area contributed by atoms with E-state index in [2.05, 4.69) is 34.3 Å². The number of carbonyl (C=O) groups is 1. The second kappa shape index (κ2) is 12.2. The Bertz CT molecular complexity index is 451. The molecule has 6 nitrogen and oxygen atoms in total. The van der Waals surface area contributed by atoms with E-state index >= 15 is 0 Å². The summed E-state index contributed by atoms with van der Waals surface area (Å²) in [6.07, 6.45) is 7.93. The van der Waals surface area contributed by atoms with Gasteiger partial charge in [0.2, 0.25) is 5.91 Å². The standard InChI is InChI=1S/C21H41N5O/c1-4-23-21(26-15-9-19(10-16-26)17-20(27)22-3)24-11-5-6-12-25-13-7-18(2)8-14-25/h18-19H,4-17H2,1-3H3,(H,22,27)(H,23,24). The molecule has 0 bridgehead atoms. The lowest BCUT2D eigenvalue weighted by Gasteiger charge is -2.34. The highest BCUT2D eigenvalue weighted by Crippen LogP contribution is 2.20. The molecule has 2 rings (SSSR count). The van der Waals surface area contributed by atoms with Crippen molar-refractivity contribution >= 4 is 11.9 Å². The highest BCUT2D eigenvalue weighted by atomic mass is 16.1. The van der Waals surface area contributed by atoms with Gasteiger partial charge in [0.1, 0.15) is 0 Å². The van der Waals surface area contributed by atoms with Crippen LogP contribution in [0.1, 0.15) is 58.8 Å². The summed E-state index contributed by atoms with van der Waals surface area (Å²) in [6.45, 7) is 12.1. The van der Waals surface area contributed by atoms with Crippen LogP contribution in [0.5, 0.6) is 0 Å². The number of aliphatic imine (C=N–C) groups is 1. The maximum Gasteiger partial charge on any atom is 0.220 e. The van der Waals surface area contributed by atoms with Crippen LogP contribution in [-0.4, -0.2) is 74.5 Å². The molecule has 2 heterocycles. The number of nitrogens with one attached hydrogen (secondary N) is 2. The molecule has 0 spiro atoms. The summed E-state index contributed by atoms with van der Waals surface area (Å²) in [7, 11) is 1.72. The van der Waals surface area contributed by atoms with E-state index in [-0.39, 0.29) is 5.91 Å². The van der Waals surface area contributed by atoms with Gasteiger partial charge < -0.3 is 20.4 Å². The molecule has 0 atom stereocenters. The molecule has 27 heavy (non-hydrogen) atoms. The molecule has 2 N–H and O–H groups in total. The maximum absolute atomic E-state index is 11.6. The molecule has 2 fully saturated rings. The maximum atomic E-state index is 11.6. The molecule has 0 aromatic rings. The van der Waals surface area contributed by atoms with E-state index in [1.807, 2.05) is 0 Å². The summed E-state index contributed by atoms with van der Waals surface area (Å²) in [5, 5.41) is 6.19. The van der Waals surface area contributed by atoms with Crippen LogP contribution in [0, 0.1) is 11.8 Å². The molecule has 6 heteroatoms. The van der Waals surface area contributed by atoms with E-state index in [9.17, 15) is 4.79 Å². The molecule has 0 saturated carbocycles. The molecular formula is C21H41N5O. The van der Waals surface area contributed by atoms with Gasteiger partial charge in [0.25, 0.3) is 0 Å². The lowest BCUT2D eigenvalue weighted by Crippen LogP contribution is -2.46. The van der Waals surface area contributed by atoms with Gasteiger partial charge in [-0.3, -0.25) is 9.79 Å². The number of likely N-dealkylation sites (tertiary alicyclic amines) is 2. The monoisotopic (exact) mass is 379 g/mol. The highest BCUT2D eigenvalue weighted by Gasteiger charge is 2.23. The van der Waals surface area contributed by atoms with E-state index in [1.165, 1.54) is 38.9 Å². The van der Waals surface area contributed by atoms with E-state index in [0.717, 1.165) is 57.3 Å². The zero-order valence-corrected chi connectivity index (χ0v) is 17.8. The number of amides is 1. The fraction of sp³-hybridized carbons (Fsp3) is 0.905. The third kappa shape index (κ3) is 8.08. The Hall–Kier alpha value is -1.30. The third-order valence-electron chi connectivity index (χ3n) is 6.02. The summed E-state index contributed by atoms with van der Waals surface area (Å²) in [5.41, 5.74) is 0. The van der Waals surface area contributed by atoms with Crippen molar-refractivity contribution in [2.24, 2.45) is 16.8 Å². The minimum Gasteiger partial charge on any atom is -0.359 e. The lowest BCUT2D eigenvalue weighted by molar-refractivity contribution is -0.121. The van der Waals surface area contributed by atoms with Crippen LogP contribution in [0.3, 0.4) is 0 Å². The summed E-state index contributed by atoms with van der Waals surface area (Å²) < 4.78 is 0. The van der Waals surface area contributed by atoms with Crippen LogP contribution in [0.4, 0.5) is 0 Å². The first-order valence-corrected chi connectivity index (χ1v) is 11.1. The van der Waals surface area contributed by atoms with Crippen LogP contribution < -0.4 is 10.6 Å². The van der Waals surface area contributed by atoms with Gasteiger partial charge in [-0.05, 0) is 76.9 Å². The zero-order valence-electron chi connectivity index (χ0n) is 17.8. The number of guanidine groups is 1. The Kier molecular flexibility index (Phi) is 9.95. The average Bonchev–Trinajstić information content (AvgIpc) is 2.69. The SMILES string of the molecule is CCNC(=NCCCCN1CCC(C)CC1)N1CCC(CC(=O)NC)CC1. The number of carbonyl (C=O) groups excluding carboxylic acids is 1. The van der Waals surface area contributed by atoms with Crippen LogP contribution in [-0.2, 0) is 4.79 Å². The van der Waals surface area contributed by atoms with Crippen molar-refractivity contribution < 1.29 is 4.79 Å². The molecule has 0 radical (unpaired) electrons. The molecule has 2 saturated heterocycles. The average molecular weight is 380 g/mol. The van der Waals surface area contributed by atoms with Crippen LogP contribution in [0.2, 0.25) is 0 Å². The first-order chi connectivity index (χ1) is 13.1. The number of hydrogen-bond acceptors (Lipinski definition) is 3. The Morgan fingerprint density at radius 2 is 1.78 bits per heavy atom. The molecular weight excluding hydrogens is 338 g/mol. The Labute approximate surface area is 166 Å². The largest absolute Gasteiger partial charge is 0.359 e. The van der Waals surface area contributed by atoms with Gasteiger partial charge in [-0.25, -0.2) is 0 Å². The molecule has 2 aliphatic rings. The van der Waals surface area contributed by atoms with Crippen molar-refractivity contribution in [3.8, 4) is 0 Å². The zero-order chi connectivity index (χ0) is 19.5. The Morgan fingerprint density at radius 1 is 1.07 bits per heavy atom. The van der Waals surface area contributed by atoms with E-state index in [1.54, 1.807) is 7.05 Å². The van der Waals surface area contributed by atoms with Crippen molar-refractivity contribution in [3.63, 3.8) is 0 Å². The van der Waals surface area contributed by atoms with Crippen molar-refractivity contribution in [1.29, 1.82) is 0 Å². The normalized spacial score (nSPS) is 20.7. The van der Waals surface area contributed by atoms with Crippen molar-refractivity contribution in [2.75, 3.05) is 52.9 Å². The minimum atomic E-state index is 0.164. The summed E-state index contributed by atoms with van der Waals surface area (Å²) >= 11 is 0. The third-order valence-corrected chi connectivity index (χ3v) is 6.02. The first kappa shape index (κ1) is 22.0. The summed E-state index contributed by atoms with van der Waals surface area (Å²) in [6, 6.07) is 0. The molecule has 0 unspecified atom stereocenters. The van der Waals surface area contributed by atoms with Gasteiger partial charge in [-0.1, -0.05) is 6.92 Å². The smallest absolute Gasteiger partial charge is 0.220 e. The summed E-state index contributed by atoms with van der Waals surface area (Å²) in [5.74, 6) is 2.64. The fourth-order valence-corrected chi connectivity index (χ4v) is 4.06. The number of hydrogen-bond donors (Lipinski definition) is 2. The van der Waals surface area contributed by atoms with Crippen molar-refractivity contribution in [3.05, 3.63) is 0 Å². The second-order valence-electron chi connectivity index (χ2n) is 8.27. The minimum absolute atomic E-state index is 0.164. The highest BCUT2D eigenvalue weighted by molar-refractivity contribution is 5.80. The van der Waals surface area contributed by atoms with Crippen LogP contribution in [0.15, 0.2) is 4.99 Å². The molecule has 0 aliphatic carbocycles. The predicted molar refractivity (Wildman–Crippen MR) is 113 cm³/mol. The van der Waals surface area contributed by atoms with E-state index in [0.29, 0.717) is 12.3 Å². The fourth-order valence-electron chi connectivity index (χ4n) is 4.06.